The van der Waals surface area contributed by atoms with E-state index < -0.39 is 0 Å². The summed E-state index contributed by atoms with van der Waals surface area (Å²) in [4.78, 5) is 0. The lowest BCUT2D eigenvalue weighted by molar-refractivity contribution is 0.232. The fourth-order valence-electron chi connectivity index (χ4n) is 2.31. The van der Waals surface area contributed by atoms with Gasteiger partial charge in [0.05, 0.1) is 7.11 Å². The molecule has 2 rings (SSSR count). The van der Waals surface area contributed by atoms with Crippen LogP contribution in [-0.2, 0) is 0 Å². The van der Waals surface area contributed by atoms with Gasteiger partial charge in [0.1, 0.15) is 0 Å². The van der Waals surface area contributed by atoms with Crippen molar-refractivity contribution in [3.8, 4) is 5.75 Å². The lowest BCUT2D eigenvalue weighted by Crippen LogP contribution is -2.29. The summed E-state index contributed by atoms with van der Waals surface area (Å²) in [5.41, 5.74) is 6.23. The maximum Gasteiger partial charge on any atom is 0.197 e. The first kappa shape index (κ1) is 12.5. The fraction of sp³-hybridized carbons (Fsp3) is 0.750. The van der Waals surface area contributed by atoms with Gasteiger partial charge in [0, 0.05) is 6.04 Å². The number of nitrogens with two attached hydrogens (primary N) is 1. The Morgan fingerprint density at radius 2 is 2.06 bits per heavy atom. The van der Waals surface area contributed by atoms with Gasteiger partial charge in [-0.15, -0.1) is 0 Å². The molecule has 0 atom stereocenters. The average Bonchev–Trinajstić information content (AvgIpc) is 2.62. The summed E-state index contributed by atoms with van der Waals surface area (Å²) in [6.45, 7) is 4.68. The first-order chi connectivity index (χ1) is 8.02. The molecule has 1 heterocycles. The molecule has 5 heteroatoms. The Labute approximate surface area is 107 Å². The zero-order valence-corrected chi connectivity index (χ0v) is 11.6. The number of nitrogens with zero attached hydrogens (tertiary/aromatic N) is 1. The van der Waals surface area contributed by atoms with E-state index >= 15 is 0 Å². The van der Waals surface area contributed by atoms with E-state index in [9.17, 15) is 0 Å². The third kappa shape index (κ3) is 2.83. The van der Waals surface area contributed by atoms with Crippen molar-refractivity contribution in [2.75, 3.05) is 18.2 Å². The Bertz CT molecular complexity index is 379. The summed E-state index contributed by atoms with van der Waals surface area (Å²) in [5.74, 6) is 1.18. The van der Waals surface area contributed by atoms with Crippen molar-refractivity contribution in [2.45, 2.75) is 45.6 Å². The molecule has 0 saturated heterocycles. The van der Waals surface area contributed by atoms with Gasteiger partial charge in [0.25, 0.3) is 0 Å². The summed E-state index contributed by atoms with van der Waals surface area (Å²) in [5, 5.41) is 4.48. The quantitative estimate of drug-likeness (QED) is 0.871. The molecule has 17 heavy (non-hydrogen) atoms. The minimum atomic E-state index is 0.483. The number of rotatable bonds is 3. The number of nitrogen functional groups attached to an aromatic ring is 1. The smallest absolute Gasteiger partial charge is 0.197 e. The molecule has 0 aromatic carbocycles. The van der Waals surface area contributed by atoms with Crippen molar-refractivity contribution in [1.82, 2.24) is 4.37 Å². The highest BCUT2D eigenvalue weighted by Crippen LogP contribution is 2.39. The number of anilines is 2. The molecule has 1 fully saturated rings. The van der Waals surface area contributed by atoms with Crippen molar-refractivity contribution < 1.29 is 4.74 Å². The van der Waals surface area contributed by atoms with E-state index in [4.69, 9.17) is 10.5 Å². The molecule has 1 saturated carbocycles. The first-order valence-electron chi connectivity index (χ1n) is 6.07. The number of nitrogens with one attached hydrogen (secondary N) is 1. The second-order valence-electron chi connectivity index (χ2n) is 5.51. The Morgan fingerprint density at radius 3 is 2.65 bits per heavy atom. The molecular weight excluding hydrogens is 234 g/mol. The number of hydrogen-bond donors (Lipinski definition) is 2. The van der Waals surface area contributed by atoms with Gasteiger partial charge in [-0.05, 0) is 42.6 Å². The van der Waals surface area contributed by atoms with Crippen molar-refractivity contribution in [1.29, 1.82) is 0 Å². The van der Waals surface area contributed by atoms with Crippen molar-refractivity contribution >= 4 is 22.4 Å². The van der Waals surface area contributed by atoms with Crippen LogP contribution in [0.15, 0.2) is 0 Å². The van der Waals surface area contributed by atoms with Crippen LogP contribution in [0.2, 0.25) is 0 Å². The Balaban J connectivity index is 1.98. The molecule has 0 spiro atoms. The van der Waals surface area contributed by atoms with E-state index in [1.807, 2.05) is 0 Å². The van der Waals surface area contributed by atoms with Gasteiger partial charge < -0.3 is 15.8 Å². The lowest BCUT2D eigenvalue weighted by atomic mass is 9.75. The van der Waals surface area contributed by atoms with E-state index in [1.165, 1.54) is 37.2 Å². The average molecular weight is 255 g/mol. The van der Waals surface area contributed by atoms with Crippen LogP contribution < -0.4 is 15.8 Å². The molecule has 0 unspecified atom stereocenters. The van der Waals surface area contributed by atoms with E-state index in [0.717, 1.165) is 5.00 Å². The van der Waals surface area contributed by atoms with E-state index in [-0.39, 0.29) is 0 Å². The summed E-state index contributed by atoms with van der Waals surface area (Å²) in [7, 11) is 1.63. The Morgan fingerprint density at radius 1 is 1.41 bits per heavy atom. The Hall–Kier alpha value is -0.970. The highest BCUT2D eigenvalue weighted by molar-refractivity contribution is 7.11. The van der Waals surface area contributed by atoms with E-state index in [0.29, 0.717) is 23.0 Å². The molecule has 3 N–H and O–H groups in total. The Kier molecular flexibility index (Phi) is 3.47. The molecule has 1 aromatic rings. The van der Waals surface area contributed by atoms with Crippen molar-refractivity contribution in [3.05, 3.63) is 0 Å². The zero-order chi connectivity index (χ0) is 12.5. The lowest BCUT2D eigenvalue weighted by Gasteiger charge is -2.34. The van der Waals surface area contributed by atoms with Crippen LogP contribution in [0.1, 0.15) is 39.5 Å². The van der Waals surface area contributed by atoms with Crippen LogP contribution in [0.3, 0.4) is 0 Å². The highest BCUT2D eigenvalue weighted by Gasteiger charge is 2.27. The summed E-state index contributed by atoms with van der Waals surface area (Å²) in [6.07, 6.45) is 4.93. The van der Waals surface area contributed by atoms with Crippen LogP contribution >= 0.6 is 11.5 Å². The molecule has 0 amide bonds. The van der Waals surface area contributed by atoms with Crippen LogP contribution in [0.4, 0.5) is 10.8 Å². The minimum absolute atomic E-state index is 0.483. The minimum Gasteiger partial charge on any atom is -0.490 e. The predicted octanol–water partition coefficient (Wildman–Crippen LogP) is 3.11. The first-order valence-corrected chi connectivity index (χ1v) is 6.85. The number of methoxy groups -OCH3 is 1. The monoisotopic (exact) mass is 255 g/mol. The number of ether oxygens (including phenoxy) is 1. The standard InChI is InChI=1S/C12H21N3OS/c1-12(2)6-4-8(5-7-12)14-11-9(16-3)10(13)15-17-11/h8,14H,4-7H2,1-3H3,(H2,13,15). The number of hydrogen-bond acceptors (Lipinski definition) is 5. The maximum absolute atomic E-state index is 5.73. The van der Waals surface area contributed by atoms with Gasteiger partial charge in [0.15, 0.2) is 16.6 Å². The normalized spacial score (nSPS) is 20.2. The van der Waals surface area contributed by atoms with Crippen molar-refractivity contribution in [2.24, 2.45) is 5.41 Å². The topological polar surface area (TPSA) is 60.2 Å². The van der Waals surface area contributed by atoms with E-state index in [1.54, 1.807) is 7.11 Å². The van der Waals surface area contributed by atoms with Crippen LogP contribution in [0.25, 0.3) is 0 Å². The molecule has 0 aliphatic heterocycles. The molecule has 4 nitrogen and oxygen atoms in total. The fourth-order valence-corrected chi connectivity index (χ4v) is 3.07. The van der Waals surface area contributed by atoms with Crippen LogP contribution in [0, 0.1) is 5.41 Å². The van der Waals surface area contributed by atoms with Gasteiger partial charge in [0.2, 0.25) is 0 Å². The summed E-state index contributed by atoms with van der Waals surface area (Å²) >= 11 is 1.38. The second-order valence-corrected chi connectivity index (χ2v) is 6.29. The molecule has 1 aliphatic rings. The third-order valence-corrected chi connectivity index (χ3v) is 4.33. The third-order valence-electron chi connectivity index (χ3n) is 3.55. The van der Waals surface area contributed by atoms with Gasteiger partial charge in [-0.1, -0.05) is 13.8 Å². The molecule has 0 radical (unpaired) electrons. The summed E-state index contributed by atoms with van der Waals surface area (Å²) in [6, 6.07) is 0.525. The summed E-state index contributed by atoms with van der Waals surface area (Å²) < 4.78 is 9.37. The van der Waals surface area contributed by atoms with Crippen LogP contribution in [-0.4, -0.2) is 17.5 Å². The highest BCUT2D eigenvalue weighted by atomic mass is 32.1. The zero-order valence-electron chi connectivity index (χ0n) is 10.7. The van der Waals surface area contributed by atoms with Gasteiger partial charge in [-0.3, -0.25) is 0 Å². The largest absolute Gasteiger partial charge is 0.490 e. The van der Waals surface area contributed by atoms with Gasteiger partial charge in [-0.2, -0.15) is 4.37 Å². The maximum atomic E-state index is 5.73. The van der Waals surface area contributed by atoms with Gasteiger partial charge in [-0.25, -0.2) is 0 Å². The molecule has 1 aliphatic carbocycles. The predicted molar refractivity (Wildman–Crippen MR) is 72.7 cm³/mol. The van der Waals surface area contributed by atoms with Crippen LogP contribution in [0.5, 0.6) is 5.75 Å². The van der Waals surface area contributed by atoms with Crippen molar-refractivity contribution in [3.63, 3.8) is 0 Å². The number of aromatic nitrogens is 1. The molecule has 1 aromatic heterocycles. The second kappa shape index (κ2) is 4.72. The molecular formula is C12H21N3OS. The SMILES string of the molecule is COc1c(N)nsc1NC1CCC(C)(C)CC1. The molecule has 96 valence electrons. The van der Waals surface area contributed by atoms with Gasteiger partial charge >= 0.3 is 0 Å². The molecule has 0 bridgehead atoms. The van der Waals surface area contributed by atoms with E-state index in [2.05, 4.69) is 23.5 Å².